The second-order valence-corrected chi connectivity index (χ2v) is 9.82. The predicted molar refractivity (Wildman–Crippen MR) is 110 cm³/mol. The van der Waals surface area contributed by atoms with Gasteiger partial charge in [-0.05, 0) is 51.1 Å². The Labute approximate surface area is 172 Å². The number of likely N-dealkylation sites (tertiary alicyclic amines) is 1. The summed E-state index contributed by atoms with van der Waals surface area (Å²) in [6.07, 6.45) is 4.12. The molecule has 1 unspecified atom stereocenters. The monoisotopic (exact) mass is 431 g/mol. The molecule has 0 amide bonds. The normalized spacial score (nSPS) is 25.4. The molecular weight excluding hydrogens is 402 g/mol. The van der Waals surface area contributed by atoms with E-state index in [0.717, 1.165) is 25.9 Å². The smallest absolute Gasteiger partial charge is 0.242 e. The highest BCUT2D eigenvalue weighted by Crippen LogP contribution is 2.27. The Bertz CT molecular complexity index is 754. The zero-order valence-electron chi connectivity index (χ0n) is 16.2. The molecule has 2 fully saturated rings. The fraction of sp³-hybridized carbons (Fsp3) is 0.684. The summed E-state index contributed by atoms with van der Waals surface area (Å²) in [7, 11) is -3.76. The molecule has 2 aliphatic heterocycles. The first-order valence-electron chi connectivity index (χ1n) is 9.92. The number of sulfonamides is 1. The molecule has 0 saturated carbocycles. The Morgan fingerprint density at radius 3 is 2.61 bits per heavy atom. The molecule has 0 aliphatic carbocycles. The molecule has 9 heteroatoms. The average Bonchev–Trinajstić information content (AvgIpc) is 2.90. The highest BCUT2D eigenvalue weighted by atomic mass is 35.5. The van der Waals surface area contributed by atoms with Crippen LogP contribution in [-0.2, 0) is 14.8 Å². The molecule has 28 heavy (non-hydrogen) atoms. The molecule has 1 aromatic rings. The SMILES string of the molecule is CC(CNS(=O)(=O)c1cc(Cl)ccc1N[C@@H]1COC[C@H]1O)N1CCCCCC1. The Balaban J connectivity index is 1.70. The van der Waals surface area contributed by atoms with E-state index in [0.29, 0.717) is 23.9 Å². The summed E-state index contributed by atoms with van der Waals surface area (Å²) >= 11 is 6.07. The molecule has 1 aromatic carbocycles. The first-order chi connectivity index (χ1) is 13.4. The van der Waals surface area contributed by atoms with Crippen molar-refractivity contribution in [1.29, 1.82) is 0 Å². The van der Waals surface area contributed by atoms with Gasteiger partial charge in [0.25, 0.3) is 0 Å². The third kappa shape index (κ3) is 5.58. The number of benzene rings is 1. The first-order valence-corrected chi connectivity index (χ1v) is 11.8. The maximum atomic E-state index is 13.0. The minimum atomic E-state index is -3.76. The van der Waals surface area contributed by atoms with Crippen molar-refractivity contribution in [3.63, 3.8) is 0 Å². The number of halogens is 1. The molecule has 0 aromatic heterocycles. The maximum Gasteiger partial charge on any atom is 0.242 e. The fourth-order valence-corrected chi connectivity index (χ4v) is 5.24. The minimum Gasteiger partial charge on any atom is -0.388 e. The van der Waals surface area contributed by atoms with Gasteiger partial charge in [0.1, 0.15) is 4.90 Å². The second kappa shape index (κ2) is 9.73. The predicted octanol–water partition coefficient (Wildman–Crippen LogP) is 2.05. The number of ether oxygens (including phenoxy) is 1. The highest BCUT2D eigenvalue weighted by molar-refractivity contribution is 7.89. The van der Waals surface area contributed by atoms with Crippen molar-refractivity contribution in [1.82, 2.24) is 9.62 Å². The van der Waals surface area contributed by atoms with Crippen LogP contribution >= 0.6 is 11.6 Å². The molecule has 0 radical (unpaired) electrons. The van der Waals surface area contributed by atoms with Crippen LogP contribution in [0.1, 0.15) is 32.6 Å². The van der Waals surface area contributed by atoms with Crippen molar-refractivity contribution in [2.75, 3.05) is 38.2 Å². The van der Waals surface area contributed by atoms with Crippen LogP contribution in [0.15, 0.2) is 23.1 Å². The van der Waals surface area contributed by atoms with Crippen molar-refractivity contribution in [2.45, 2.75) is 55.7 Å². The Morgan fingerprint density at radius 2 is 1.96 bits per heavy atom. The van der Waals surface area contributed by atoms with Crippen molar-refractivity contribution in [3.05, 3.63) is 23.2 Å². The fourth-order valence-electron chi connectivity index (χ4n) is 3.69. The van der Waals surface area contributed by atoms with Gasteiger partial charge in [-0.25, -0.2) is 13.1 Å². The Kier molecular flexibility index (Phi) is 7.58. The summed E-state index contributed by atoms with van der Waals surface area (Å²) in [4.78, 5) is 2.43. The van der Waals surface area contributed by atoms with Crippen LogP contribution < -0.4 is 10.0 Å². The lowest BCUT2D eigenvalue weighted by Crippen LogP contribution is -2.42. The summed E-state index contributed by atoms with van der Waals surface area (Å²) < 4.78 is 34.0. The van der Waals surface area contributed by atoms with Crippen molar-refractivity contribution < 1.29 is 18.3 Å². The van der Waals surface area contributed by atoms with E-state index in [9.17, 15) is 13.5 Å². The van der Waals surface area contributed by atoms with Crippen LogP contribution in [0.5, 0.6) is 0 Å². The lowest BCUT2D eigenvalue weighted by molar-refractivity contribution is 0.125. The molecule has 7 nitrogen and oxygen atoms in total. The van der Waals surface area contributed by atoms with Crippen LogP contribution in [0.3, 0.4) is 0 Å². The molecule has 0 bridgehead atoms. The molecule has 3 atom stereocenters. The number of hydrogen-bond acceptors (Lipinski definition) is 6. The number of hydrogen-bond donors (Lipinski definition) is 3. The van der Waals surface area contributed by atoms with E-state index in [1.165, 1.54) is 18.9 Å². The third-order valence-corrected chi connectivity index (χ3v) is 7.16. The minimum absolute atomic E-state index is 0.0853. The van der Waals surface area contributed by atoms with Gasteiger partial charge in [-0.1, -0.05) is 24.4 Å². The zero-order valence-corrected chi connectivity index (χ0v) is 17.8. The summed E-state index contributed by atoms with van der Waals surface area (Å²) in [5.74, 6) is 0. The number of nitrogens with one attached hydrogen (secondary N) is 2. The van der Waals surface area contributed by atoms with Crippen molar-refractivity contribution in [3.8, 4) is 0 Å². The lowest BCUT2D eigenvalue weighted by Gasteiger charge is -2.28. The third-order valence-electron chi connectivity index (χ3n) is 5.46. The van der Waals surface area contributed by atoms with E-state index in [1.54, 1.807) is 12.1 Å². The van der Waals surface area contributed by atoms with E-state index >= 15 is 0 Å². The van der Waals surface area contributed by atoms with Gasteiger partial charge in [-0.3, -0.25) is 4.90 Å². The van der Waals surface area contributed by atoms with Crippen LogP contribution in [0.2, 0.25) is 5.02 Å². The average molecular weight is 432 g/mol. The molecule has 3 rings (SSSR count). The van der Waals surface area contributed by atoms with Crippen LogP contribution in [0, 0.1) is 0 Å². The Morgan fingerprint density at radius 1 is 1.25 bits per heavy atom. The molecule has 3 N–H and O–H groups in total. The van der Waals surface area contributed by atoms with Gasteiger partial charge in [0.2, 0.25) is 10.0 Å². The van der Waals surface area contributed by atoms with Gasteiger partial charge < -0.3 is 15.2 Å². The van der Waals surface area contributed by atoms with Gasteiger partial charge >= 0.3 is 0 Å². The number of rotatable bonds is 7. The second-order valence-electron chi connectivity index (χ2n) is 7.65. The topological polar surface area (TPSA) is 90.9 Å². The van der Waals surface area contributed by atoms with E-state index in [2.05, 4.69) is 21.9 Å². The number of anilines is 1. The summed E-state index contributed by atoms with van der Waals surface area (Å²) in [5.41, 5.74) is 0.411. The van der Waals surface area contributed by atoms with Crippen molar-refractivity contribution >= 4 is 27.3 Å². The zero-order chi connectivity index (χ0) is 20.1. The number of aliphatic hydroxyl groups excluding tert-OH is 1. The molecule has 2 saturated heterocycles. The van der Waals surface area contributed by atoms with E-state index in [-0.39, 0.29) is 23.6 Å². The molecule has 158 valence electrons. The summed E-state index contributed by atoms with van der Waals surface area (Å²) in [6.45, 7) is 4.96. The van der Waals surface area contributed by atoms with Crippen LogP contribution in [-0.4, -0.2) is 69.5 Å². The summed E-state index contributed by atoms with van der Waals surface area (Å²) in [6, 6.07) is 4.45. The molecule has 0 spiro atoms. The lowest BCUT2D eigenvalue weighted by atomic mass is 10.2. The van der Waals surface area contributed by atoms with Gasteiger partial charge in [0, 0.05) is 17.6 Å². The molecule has 2 aliphatic rings. The largest absolute Gasteiger partial charge is 0.388 e. The van der Waals surface area contributed by atoms with Gasteiger partial charge in [0.05, 0.1) is 31.0 Å². The van der Waals surface area contributed by atoms with E-state index in [4.69, 9.17) is 16.3 Å². The van der Waals surface area contributed by atoms with E-state index in [1.807, 2.05) is 0 Å². The van der Waals surface area contributed by atoms with Gasteiger partial charge in [-0.15, -0.1) is 0 Å². The van der Waals surface area contributed by atoms with Gasteiger partial charge in [-0.2, -0.15) is 0 Å². The standard InChI is InChI=1S/C19H30ClN3O4S/c1-14(23-8-4-2-3-5-9-23)11-21-28(25,26)19-10-15(20)6-7-16(19)22-17-12-27-13-18(17)24/h6-7,10,14,17-18,21-22,24H,2-5,8-9,11-13H2,1H3/t14?,17-,18-/m1/s1. The number of aliphatic hydroxyl groups is 1. The van der Waals surface area contributed by atoms with Crippen LogP contribution in [0.25, 0.3) is 0 Å². The van der Waals surface area contributed by atoms with Crippen molar-refractivity contribution in [2.24, 2.45) is 0 Å². The van der Waals surface area contributed by atoms with E-state index < -0.39 is 16.1 Å². The molecular formula is C19H30ClN3O4S. The molecule has 2 heterocycles. The maximum absolute atomic E-state index is 13.0. The van der Waals surface area contributed by atoms with Crippen LogP contribution in [0.4, 0.5) is 5.69 Å². The highest BCUT2D eigenvalue weighted by Gasteiger charge is 2.29. The summed E-state index contributed by atoms with van der Waals surface area (Å²) in [5, 5.41) is 13.4. The number of nitrogens with zero attached hydrogens (tertiary/aromatic N) is 1. The first kappa shape index (κ1) is 21.8. The Hall–Kier alpha value is -0.900. The quantitative estimate of drug-likeness (QED) is 0.612. The van der Waals surface area contributed by atoms with Gasteiger partial charge in [0.15, 0.2) is 0 Å².